The van der Waals surface area contributed by atoms with Crippen LogP contribution in [0.2, 0.25) is 0 Å². The van der Waals surface area contributed by atoms with Crippen molar-refractivity contribution in [3.63, 3.8) is 0 Å². The molecular formula is C14H12N6S. The molecule has 0 atom stereocenters. The van der Waals surface area contributed by atoms with Gasteiger partial charge in [-0.15, -0.1) is 11.3 Å². The van der Waals surface area contributed by atoms with E-state index in [1.807, 2.05) is 41.6 Å². The molecule has 0 saturated carbocycles. The third kappa shape index (κ3) is 2.38. The molecule has 0 fully saturated rings. The fraction of sp³-hybridized carbons (Fsp3) is 0.0714. The quantitative estimate of drug-likeness (QED) is 0.570. The van der Waals surface area contributed by atoms with E-state index in [-0.39, 0.29) is 0 Å². The van der Waals surface area contributed by atoms with Crippen molar-refractivity contribution in [3.8, 4) is 6.07 Å². The fourth-order valence-electron chi connectivity index (χ4n) is 2.07. The van der Waals surface area contributed by atoms with Crippen LogP contribution in [0.25, 0.3) is 10.2 Å². The van der Waals surface area contributed by atoms with Gasteiger partial charge in [-0.3, -0.25) is 5.43 Å². The molecule has 1 aromatic carbocycles. The molecule has 3 N–H and O–H groups in total. The molecule has 0 unspecified atom stereocenters. The molecule has 3 rings (SSSR count). The van der Waals surface area contributed by atoms with Crippen LogP contribution in [0.5, 0.6) is 0 Å². The molecule has 104 valence electrons. The van der Waals surface area contributed by atoms with Crippen molar-refractivity contribution in [1.82, 2.24) is 9.97 Å². The van der Waals surface area contributed by atoms with E-state index >= 15 is 0 Å². The molecule has 2 aromatic heterocycles. The van der Waals surface area contributed by atoms with Crippen LogP contribution in [0.1, 0.15) is 5.56 Å². The van der Waals surface area contributed by atoms with Gasteiger partial charge in [0.05, 0.1) is 17.0 Å². The van der Waals surface area contributed by atoms with Gasteiger partial charge < -0.3 is 4.90 Å². The van der Waals surface area contributed by atoms with Crippen molar-refractivity contribution in [2.24, 2.45) is 5.84 Å². The Balaban J connectivity index is 2.14. The molecule has 0 saturated heterocycles. The second-order valence-electron chi connectivity index (χ2n) is 4.38. The van der Waals surface area contributed by atoms with Crippen LogP contribution in [0.4, 0.5) is 17.5 Å². The fourth-order valence-corrected chi connectivity index (χ4v) is 2.82. The van der Waals surface area contributed by atoms with Crippen LogP contribution in [0, 0.1) is 11.3 Å². The molecule has 0 aliphatic carbocycles. The monoisotopic (exact) mass is 296 g/mol. The van der Waals surface area contributed by atoms with E-state index in [2.05, 4.69) is 21.5 Å². The van der Waals surface area contributed by atoms with Crippen molar-refractivity contribution in [2.75, 3.05) is 17.4 Å². The largest absolute Gasteiger partial charge is 0.329 e. The Morgan fingerprint density at radius 3 is 2.95 bits per heavy atom. The minimum atomic E-state index is 0.364. The summed E-state index contributed by atoms with van der Waals surface area (Å²) in [6.45, 7) is 0. The minimum Gasteiger partial charge on any atom is -0.329 e. The number of hydrazine groups is 1. The number of nitrogens with one attached hydrogen (secondary N) is 1. The highest BCUT2D eigenvalue weighted by molar-refractivity contribution is 7.16. The Kier molecular flexibility index (Phi) is 3.39. The van der Waals surface area contributed by atoms with Crippen molar-refractivity contribution < 1.29 is 0 Å². The summed E-state index contributed by atoms with van der Waals surface area (Å²) in [7, 11) is 1.90. The number of fused-ring (bicyclic) bond motifs is 1. The first-order chi connectivity index (χ1) is 10.2. The molecule has 3 aromatic rings. The number of nitriles is 1. The summed E-state index contributed by atoms with van der Waals surface area (Å²) in [5.41, 5.74) is 3.97. The van der Waals surface area contributed by atoms with E-state index in [0.717, 1.165) is 21.7 Å². The summed E-state index contributed by atoms with van der Waals surface area (Å²) < 4.78 is 0. The Labute approximate surface area is 125 Å². The first-order valence-corrected chi connectivity index (χ1v) is 7.06. The highest BCUT2D eigenvalue weighted by Crippen LogP contribution is 2.32. The van der Waals surface area contributed by atoms with Gasteiger partial charge >= 0.3 is 0 Å². The van der Waals surface area contributed by atoms with Crippen molar-refractivity contribution in [3.05, 3.63) is 41.3 Å². The predicted molar refractivity (Wildman–Crippen MR) is 84.4 cm³/mol. The van der Waals surface area contributed by atoms with Gasteiger partial charge in [-0.05, 0) is 29.6 Å². The Hall–Kier alpha value is -2.69. The first kappa shape index (κ1) is 13.3. The zero-order valence-corrected chi connectivity index (χ0v) is 12.1. The number of nitrogens with two attached hydrogens (primary N) is 1. The second kappa shape index (κ2) is 5.36. The zero-order valence-electron chi connectivity index (χ0n) is 11.2. The molecule has 0 aliphatic heterocycles. The number of thiophene rings is 1. The third-order valence-electron chi connectivity index (χ3n) is 3.11. The van der Waals surface area contributed by atoms with E-state index in [0.29, 0.717) is 11.5 Å². The lowest BCUT2D eigenvalue weighted by atomic mass is 10.2. The van der Waals surface area contributed by atoms with Crippen molar-refractivity contribution in [2.45, 2.75) is 0 Å². The van der Waals surface area contributed by atoms with Crippen molar-refractivity contribution in [1.29, 1.82) is 5.26 Å². The average molecular weight is 296 g/mol. The lowest BCUT2D eigenvalue weighted by Gasteiger charge is -2.19. The number of hydrogen-bond acceptors (Lipinski definition) is 7. The first-order valence-electron chi connectivity index (χ1n) is 6.18. The van der Waals surface area contributed by atoms with Gasteiger partial charge in [0.1, 0.15) is 10.6 Å². The molecular weight excluding hydrogens is 284 g/mol. The van der Waals surface area contributed by atoms with Crippen LogP contribution in [-0.2, 0) is 0 Å². The third-order valence-corrected chi connectivity index (χ3v) is 3.92. The standard InChI is InChI=1S/C14H12N6S/c1-20(10-4-2-3-9(7-10)8-15)12-11-5-6-21-13(11)18-14(17-12)19-16/h2-7H,16H2,1H3,(H,17,18,19). The highest BCUT2D eigenvalue weighted by atomic mass is 32.1. The van der Waals surface area contributed by atoms with Gasteiger partial charge in [0.25, 0.3) is 0 Å². The molecule has 2 heterocycles. The normalized spacial score (nSPS) is 10.3. The van der Waals surface area contributed by atoms with Gasteiger partial charge in [-0.1, -0.05) is 6.07 Å². The van der Waals surface area contributed by atoms with Gasteiger partial charge in [0.2, 0.25) is 5.95 Å². The summed E-state index contributed by atoms with van der Waals surface area (Å²) in [6, 6.07) is 11.5. The average Bonchev–Trinajstić information content (AvgIpc) is 3.01. The molecule has 6 nitrogen and oxygen atoms in total. The van der Waals surface area contributed by atoms with Crippen molar-refractivity contribution >= 4 is 39.0 Å². The molecule has 0 spiro atoms. The van der Waals surface area contributed by atoms with Gasteiger partial charge in [-0.2, -0.15) is 10.2 Å². The van der Waals surface area contributed by atoms with Crippen LogP contribution >= 0.6 is 11.3 Å². The molecule has 7 heteroatoms. The number of anilines is 3. The summed E-state index contributed by atoms with van der Waals surface area (Å²) in [5, 5.41) is 11.9. The van der Waals surface area contributed by atoms with Crippen LogP contribution in [0.15, 0.2) is 35.7 Å². The summed E-state index contributed by atoms with van der Waals surface area (Å²) in [6.07, 6.45) is 0. The van der Waals surface area contributed by atoms with Crippen LogP contribution < -0.4 is 16.2 Å². The van der Waals surface area contributed by atoms with Gasteiger partial charge in [0, 0.05) is 12.7 Å². The Bertz CT molecular complexity index is 835. The zero-order chi connectivity index (χ0) is 14.8. The maximum absolute atomic E-state index is 9.02. The molecule has 0 amide bonds. The summed E-state index contributed by atoms with van der Waals surface area (Å²) in [5.74, 6) is 6.54. The maximum atomic E-state index is 9.02. The molecule has 0 bridgehead atoms. The maximum Gasteiger partial charge on any atom is 0.240 e. The molecule has 21 heavy (non-hydrogen) atoms. The number of aromatic nitrogens is 2. The van der Waals surface area contributed by atoms with Crippen LogP contribution in [0.3, 0.4) is 0 Å². The second-order valence-corrected chi connectivity index (χ2v) is 5.27. The number of hydrogen-bond donors (Lipinski definition) is 2. The van der Waals surface area contributed by atoms with Gasteiger partial charge in [-0.25, -0.2) is 10.8 Å². The number of benzene rings is 1. The number of rotatable bonds is 3. The van der Waals surface area contributed by atoms with E-state index < -0.39 is 0 Å². The Morgan fingerprint density at radius 1 is 1.33 bits per heavy atom. The lowest BCUT2D eigenvalue weighted by Crippen LogP contribution is -2.16. The van der Waals surface area contributed by atoms with E-state index in [1.54, 1.807) is 6.07 Å². The van der Waals surface area contributed by atoms with E-state index in [9.17, 15) is 0 Å². The Morgan fingerprint density at radius 2 is 2.19 bits per heavy atom. The topological polar surface area (TPSA) is 90.9 Å². The SMILES string of the molecule is CN(c1cccc(C#N)c1)c1nc(NN)nc2sccc12. The molecule has 0 aliphatic rings. The van der Waals surface area contributed by atoms with Crippen LogP contribution in [-0.4, -0.2) is 17.0 Å². The van der Waals surface area contributed by atoms with E-state index in [4.69, 9.17) is 11.1 Å². The summed E-state index contributed by atoms with van der Waals surface area (Å²) in [4.78, 5) is 11.5. The smallest absolute Gasteiger partial charge is 0.240 e. The molecule has 0 radical (unpaired) electrons. The lowest BCUT2D eigenvalue weighted by molar-refractivity contribution is 1.09. The highest BCUT2D eigenvalue weighted by Gasteiger charge is 2.14. The number of nitrogen functional groups attached to an aromatic ring is 1. The predicted octanol–water partition coefficient (Wildman–Crippen LogP) is 2.62. The minimum absolute atomic E-state index is 0.364. The van der Waals surface area contributed by atoms with Gasteiger partial charge in [0.15, 0.2) is 0 Å². The van der Waals surface area contributed by atoms with E-state index in [1.165, 1.54) is 11.3 Å². The number of nitrogens with zero attached hydrogens (tertiary/aromatic N) is 4. The summed E-state index contributed by atoms with van der Waals surface area (Å²) >= 11 is 1.53.